The summed E-state index contributed by atoms with van der Waals surface area (Å²) in [6.45, 7) is 8.53. The zero-order chi connectivity index (χ0) is 13.7. The second-order valence-electron chi connectivity index (χ2n) is 5.37. The molecule has 1 fully saturated rings. The molecule has 1 aliphatic rings. The van der Waals surface area contributed by atoms with Crippen molar-refractivity contribution in [3.05, 3.63) is 11.8 Å². The molecule has 106 valence electrons. The number of hydrogen-bond acceptors (Lipinski definition) is 4. The molecule has 4 nitrogen and oxygen atoms in total. The molecule has 19 heavy (non-hydrogen) atoms. The highest BCUT2D eigenvalue weighted by atomic mass is 15.3. The molecular formula is C15H26N4. The van der Waals surface area contributed by atoms with Crippen LogP contribution in [-0.4, -0.2) is 29.1 Å². The predicted octanol–water partition coefficient (Wildman–Crippen LogP) is 3.38. The van der Waals surface area contributed by atoms with Crippen molar-refractivity contribution in [1.29, 1.82) is 0 Å². The summed E-state index contributed by atoms with van der Waals surface area (Å²) < 4.78 is 0. The number of aryl methyl sites for hydroxylation is 1. The predicted molar refractivity (Wildman–Crippen MR) is 80.8 cm³/mol. The molecule has 0 bridgehead atoms. The van der Waals surface area contributed by atoms with E-state index in [-0.39, 0.29) is 0 Å². The number of hydrogen-bond donors (Lipinski definition) is 1. The van der Waals surface area contributed by atoms with E-state index < -0.39 is 0 Å². The van der Waals surface area contributed by atoms with Gasteiger partial charge in [-0.2, -0.15) is 4.98 Å². The molecular weight excluding hydrogens is 236 g/mol. The molecule has 0 aliphatic carbocycles. The van der Waals surface area contributed by atoms with Crippen LogP contribution in [0.1, 0.15) is 51.6 Å². The Morgan fingerprint density at radius 3 is 2.89 bits per heavy atom. The van der Waals surface area contributed by atoms with Crippen LogP contribution in [0.3, 0.4) is 0 Å². The zero-order valence-electron chi connectivity index (χ0n) is 12.4. The maximum Gasteiger partial charge on any atom is 0.227 e. The van der Waals surface area contributed by atoms with E-state index in [0.717, 1.165) is 37.0 Å². The first-order chi connectivity index (χ1) is 9.24. The summed E-state index contributed by atoms with van der Waals surface area (Å²) in [6, 6.07) is 2.64. The summed E-state index contributed by atoms with van der Waals surface area (Å²) in [5, 5.41) is 3.37. The van der Waals surface area contributed by atoms with Gasteiger partial charge in [0, 0.05) is 30.9 Å². The third-order valence-corrected chi connectivity index (χ3v) is 3.75. The molecule has 0 radical (unpaired) electrons. The fourth-order valence-electron chi connectivity index (χ4n) is 2.71. The van der Waals surface area contributed by atoms with Gasteiger partial charge in [-0.1, -0.05) is 13.8 Å². The van der Waals surface area contributed by atoms with Gasteiger partial charge in [0.05, 0.1) is 0 Å². The molecule has 4 heteroatoms. The van der Waals surface area contributed by atoms with Crippen molar-refractivity contribution in [3.8, 4) is 0 Å². The third-order valence-electron chi connectivity index (χ3n) is 3.75. The fraction of sp³-hybridized carbons (Fsp3) is 0.733. The van der Waals surface area contributed by atoms with Gasteiger partial charge in [0.2, 0.25) is 5.95 Å². The number of nitrogens with one attached hydrogen (secondary N) is 1. The number of aromatic nitrogens is 2. The van der Waals surface area contributed by atoms with Gasteiger partial charge in [-0.25, -0.2) is 4.98 Å². The molecule has 1 unspecified atom stereocenters. The molecule has 0 spiro atoms. The van der Waals surface area contributed by atoms with Crippen molar-refractivity contribution < 1.29 is 0 Å². The topological polar surface area (TPSA) is 41.1 Å². The Kier molecular flexibility index (Phi) is 5.00. The minimum absolute atomic E-state index is 0.606. The van der Waals surface area contributed by atoms with Crippen molar-refractivity contribution in [3.63, 3.8) is 0 Å². The van der Waals surface area contributed by atoms with E-state index in [4.69, 9.17) is 4.98 Å². The molecule has 1 saturated heterocycles. The van der Waals surface area contributed by atoms with E-state index in [0.29, 0.717) is 6.04 Å². The Hall–Kier alpha value is -1.32. The van der Waals surface area contributed by atoms with Gasteiger partial charge in [-0.15, -0.1) is 0 Å². The van der Waals surface area contributed by atoms with Crippen molar-refractivity contribution in [2.24, 2.45) is 0 Å². The fourth-order valence-corrected chi connectivity index (χ4v) is 2.71. The highest BCUT2D eigenvalue weighted by molar-refractivity contribution is 5.44. The first-order valence-electron chi connectivity index (χ1n) is 7.60. The van der Waals surface area contributed by atoms with Gasteiger partial charge < -0.3 is 10.2 Å². The summed E-state index contributed by atoms with van der Waals surface area (Å²) >= 11 is 0. The quantitative estimate of drug-likeness (QED) is 0.883. The molecule has 1 aliphatic heterocycles. The molecule has 2 heterocycles. The van der Waals surface area contributed by atoms with Gasteiger partial charge >= 0.3 is 0 Å². The first kappa shape index (κ1) is 14.1. The monoisotopic (exact) mass is 262 g/mol. The van der Waals surface area contributed by atoms with E-state index >= 15 is 0 Å². The van der Waals surface area contributed by atoms with Crippen LogP contribution in [0.2, 0.25) is 0 Å². The van der Waals surface area contributed by atoms with E-state index in [2.05, 4.69) is 29.0 Å². The first-order valence-corrected chi connectivity index (χ1v) is 7.60. The van der Waals surface area contributed by atoms with Gasteiger partial charge in [0.15, 0.2) is 0 Å². The van der Waals surface area contributed by atoms with Crippen molar-refractivity contribution in [1.82, 2.24) is 9.97 Å². The maximum absolute atomic E-state index is 4.70. The zero-order valence-corrected chi connectivity index (χ0v) is 12.4. The lowest BCUT2D eigenvalue weighted by Crippen LogP contribution is -2.40. The summed E-state index contributed by atoms with van der Waals surface area (Å²) in [7, 11) is 0. The van der Waals surface area contributed by atoms with Crippen LogP contribution in [0.25, 0.3) is 0 Å². The highest BCUT2D eigenvalue weighted by Gasteiger charge is 2.23. The SMILES string of the molecule is CCCNc1cc(C)nc(N2CCCCC2CC)n1. The van der Waals surface area contributed by atoms with Crippen LogP contribution >= 0.6 is 0 Å². The Balaban J connectivity index is 2.19. The average molecular weight is 262 g/mol. The minimum Gasteiger partial charge on any atom is -0.370 e. The normalized spacial score (nSPS) is 19.5. The van der Waals surface area contributed by atoms with Gasteiger partial charge in [-0.05, 0) is 39.0 Å². The lowest BCUT2D eigenvalue weighted by Gasteiger charge is -2.35. The lowest BCUT2D eigenvalue weighted by molar-refractivity contribution is 0.443. The maximum atomic E-state index is 4.70. The number of piperidine rings is 1. The molecule has 1 aromatic rings. The summed E-state index contributed by atoms with van der Waals surface area (Å²) in [4.78, 5) is 11.7. The van der Waals surface area contributed by atoms with E-state index in [1.165, 1.54) is 25.7 Å². The second kappa shape index (κ2) is 6.73. The molecule has 2 rings (SSSR count). The van der Waals surface area contributed by atoms with Crippen molar-refractivity contribution >= 4 is 11.8 Å². The number of anilines is 2. The van der Waals surface area contributed by atoms with Gasteiger partial charge in [0.25, 0.3) is 0 Å². The average Bonchev–Trinajstić information content (AvgIpc) is 2.44. The van der Waals surface area contributed by atoms with Gasteiger partial charge in [-0.3, -0.25) is 0 Å². The minimum atomic E-state index is 0.606. The van der Waals surface area contributed by atoms with E-state index in [9.17, 15) is 0 Å². The Labute approximate surface area is 116 Å². The van der Waals surface area contributed by atoms with E-state index in [1.54, 1.807) is 0 Å². The summed E-state index contributed by atoms with van der Waals surface area (Å²) in [5.74, 6) is 1.87. The van der Waals surface area contributed by atoms with Gasteiger partial charge in [0.1, 0.15) is 5.82 Å². The third kappa shape index (κ3) is 3.58. The molecule has 0 saturated carbocycles. The van der Waals surface area contributed by atoms with E-state index in [1.807, 2.05) is 13.0 Å². The van der Waals surface area contributed by atoms with Crippen LogP contribution in [-0.2, 0) is 0 Å². The van der Waals surface area contributed by atoms with Crippen molar-refractivity contribution in [2.45, 2.75) is 58.9 Å². The molecule has 1 aromatic heterocycles. The Bertz CT molecular complexity index is 405. The number of nitrogens with zero attached hydrogens (tertiary/aromatic N) is 3. The van der Waals surface area contributed by atoms with Crippen LogP contribution in [0.15, 0.2) is 6.07 Å². The second-order valence-corrected chi connectivity index (χ2v) is 5.37. The van der Waals surface area contributed by atoms with Crippen LogP contribution in [0.5, 0.6) is 0 Å². The van der Waals surface area contributed by atoms with Crippen LogP contribution in [0, 0.1) is 6.92 Å². The molecule has 1 N–H and O–H groups in total. The molecule has 0 amide bonds. The van der Waals surface area contributed by atoms with Crippen LogP contribution < -0.4 is 10.2 Å². The lowest BCUT2D eigenvalue weighted by atomic mass is 10.0. The molecule has 1 atom stereocenters. The Morgan fingerprint density at radius 2 is 2.16 bits per heavy atom. The standard InChI is InChI=1S/C15H26N4/c1-4-9-16-14-11-12(3)17-15(18-14)19-10-7-6-8-13(19)5-2/h11,13H,4-10H2,1-3H3,(H,16,17,18). The summed E-state index contributed by atoms with van der Waals surface area (Å²) in [5.41, 5.74) is 1.05. The Morgan fingerprint density at radius 1 is 1.32 bits per heavy atom. The number of rotatable bonds is 5. The largest absolute Gasteiger partial charge is 0.370 e. The molecule has 0 aromatic carbocycles. The smallest absolute Gasteiger partial charge is 0.227 e. The summed E-state index contributed by atoms with van der Waals surface area (Å²) in [6.07, 6.45) is 6.15. The highest BCUT2D eigenvalue weighted by Crippen LogP contribution is 2.24. The van der Waals surface area contributed by atoms with Crippen LogP contribution in [0.4, 0.5) is 11.8 Å². The van der Waals surface area contributed by atoms with Crippen molar-refractivity contribution in [2.75, 3.05) is 23.3 Å².